The number of hydrogen-bond acceptors (Lipinski definition) is 2. The second-order valence-electron chi connectivity index (χ2n) is 1.60. The largest absolute Gasteiger partial charge is 0.350 e. The molecule has 1 radical (unpaired) electrons. The Labute approximate surface area is 53.0 Å². The first-order valence-corrected chi connectivity index (χ1v) is 3.74. The van der Waals surface area contributed by atoms with Crippen LogP contribution >= 0.6 is 11.8 Å². The molecular weight excluding hydrogens is 122 g/mol. The predicted octanol–water partition coefficient (Wildman–Crippen LogP) is 0.401. The quantitative estimate of drug-likeness (QED) is 0.514. The summed E-state index contributed by atoms with van der Waals surface area (Å²) in [5, 5.41) is 2.66. The minimum atomic E-state index is 0.148. The van der Waals surface area contributed by atoms with Gasteiger partial charge in [0.25, 0.3) is 0 Å². The van der Waals surface area contributed by atoms with Crippen LogP contribution in [0.5, 0.6) is 0 Å². The first-order valence-electron chi connectivity index (χ1n) is 2.58. The zero-order valence-electron chi connectivity index (χ0n) is 4.52. The summed E-state index contributed by atoms with van der Waals surface area (Å²) in [5.41, 5.74) is 0. The van der Waals surface area contributed by atoms with E-state index in [1.54, 1.807) is 18.3 Å². The standard InChI is InChI=1S/C5H8NOS/c7-5-1-3-8-4-2-6-5/h2H,1,3-4H2,(H,6,7). The van der Waals surface area contributed by atoms with Gasteiger partial charge in [-0.15, -0.1) is 0 Å². The lowest BCUT2D eigenvalue weighted by Gasteiger charge is -1.92. The highest BCUT2D eigenvalue weighted by molar-refractivity contribution is 7.99. The van der Waals surface area contributed by atoms with Crippen LogP contribution in [0.2, 0.25) is 0 Å². The SMILES string of the molecule is O=C1CCSC[CH]N1. The smallest absolute Gasteiger partial charge is 0.221 e. The summed E-state index contributed by atoms with van der Waals surface area (Å²) < 4.78 is 0. The van der Waals surface area contributed by atoms with E-state index in [4.69, 9.17) is 0 Å². The molecule has 0 bridgehead atoms. The second-order valence-corrected chi connectivity index (χ2v) is 2.75. The summed E-state index contributed by atoms with van der Waals surface area (Å²) in [5.74, 6) is 2.06. The minimum Gasteiger partial charge on any atom is -0.350 e. The van der Waals surface area contributed by atoms with Crippen molar-refractivity contribution < 1.29 is 4.79 Å². The van der Waals surface area contributed by atoms with Crippen LogP contribution < -0.4 is 5.32 Å². The molecule has 0 aliphatic carbocycles. The van der Waals surface area contributed by atoms with Crippen molar-refractivity contribution in [1.29, 1.82) is 0 Å². The molecule has 1 N–H and O–H groups in total. The van der Waals surface area contributed by atoms with Gasteiger partial charge in [-0.05, 0) is 0 Å². The molecular formula is C5H8NOS. The van der Waals surface area contributed by atoms with Crippen LogP contribution in [0.3, 0.4) is 0 Å². The molecule has 0 atom stereocenters. The van der Waals surface area contributed by atoms with Gasteiger partial charge in [0.1, 0.15) is 0 Å². The van der Waals surface area contributed by atoms with E-state index < -0.39 is 0 Å². The number of carbonyl (C=O) groups is 1. The average Bonchev–Trinajstić information content (AvgIpc) is 1.94. The van der Waals surface area contributed by atoms with Crippen molar-refractivity contribution in [2.75, 3.05) is 11.5 Å². The molecule has 45 valence electrons. The number of nitrogens with one attached hydrogen (secondary N) is 1. The number of thioether (sulfide) groups is 1. The molecule has 0 saturated carbocycles. The van der Waals surface area contributed by atoms with Crippen molar-refractivity contribution in [1.82, 2.24) is 5.32 Å². The topological polar surface area (TPSA) is 29.1 Å². The Morgan fingerprint density at radius 3 is 3.50 bits per heavy atom. The predicted molar refractivity (Wildman–Crippen MR) is 34.4 cm³/mol. The lowest BCUT2D eigenvalue weighted by molar-refractivity contribution is -0.119. The van der Waals surface area contributed by atoms with Gasteiger partial charge in [0.2, 0.25) is 5.91 Å². The maximum atomic E-state index is 10.5. The Balaban J connectivity index is 2.27. The normalized spacial score (nSPS) is 21.8. The molecule has 0 spiro atoms. The first-order chi connectivity index (χ1) is 3.89. The molecule has 1 amide bonds. The monoisotopic (exact) mass is 130 g/mol. The Kier molecular flexibility index (Phi) is 2.21. The van der Waals surface area contributed by atoms with Gasteiger partial charge in [-0.2, -0.15) is 11.8 Å². The van der Waals surface area contributed by atoms with E-state index >= 15 is 0 Å². The summed E-state index contributed by atoms with van der Waals surface area (Å²) in [6.45, 7) is 1.81. The molecule has 1 rings (SSSR count). The fraction of sp³-hybridized carbons (Fsp3) is 0.600. The fourth-order valence-corrected chi connectivity index (χ4v) is 1.23. The minimum absolute atomic E-state index is 0.148. The highest BCUT2D eigenvalue weighted by Gasteiger charge is 2.04. The molecule has 2 nitrogen and oxygen atoms in total. The van der Waals surface area contributed by atoms with Gasteiger partial charge in [0.05, 0.1) is 6.54 Å². The summed E-state index contributed by atoms with van der Waals surface area (Å²) in [6.07, 6.45) is 0.668. The zero-order chi connectivity index (χ0) is 5.82. The van der Waals surface area contributed by atoms with Crippen molar-refractivity contribution in [2.45, 2.75) is 6.42 Å². The fourth-order valence-electron chi connectivity index (χ4n) is 0.535. The van der Waals surface area contributed by atoms with Gasteiger partial charge >= 0.3 is 0 Å². The highest BCUT2D eigenvalue weighted by atomic mass is 32.2. The summed E-state index contributed by atoms with van der Waals surface area (Å²) in [6, 6.07) is 0. The zero-order valence-corrected chi connectivity index (χ0v) is 5.33. The van der Waals surface area contributed by atoms with E-state index in [0.29, 0.717) is 6.42 Å². The van der Waals surface area contributed by atoms with E-state index in [-0.39, 0.29) is 5.91 Å². The summed E-state index contributed by atoms with van der Waals surface area (Å²) >= 11 is 1.78. The Morgan fingerprint density at radius 2 is 2.62 bits per heavy atom. The summed E-state index contributed by atoms with van der Waals surface area (Å²) in [7, 11) is 0. The third-order valence-corrected chi connectivity index (χ3v) is 1.83. The third kappa shape index (κ3) is 1.74. The van der Waals surface area contributed by atoms with Crippen molar-refractivity contribution in [3.63, 3.8) is 0 Å². The second kappa shape index (κ2) is 2.97. The van der Waals surface area contributed by atoms with E-state index in [9.17, 15) is 4.79 Å². The van der Waals surface area contributed by atoms with Crippen LogP contribution in [0.1, 0.15) is 6.42 Å². The van der Waals surface area contributed by atoms with Gasteiger partial charge < -0.3 is 5.32 Å². The molecule has 1 aliphatic heterocycles. The van der Waals surface area contributed by atoms with E-state index in [1.165, 1.54) is 0 Å². The van der Waals surface area contributed by atoms with Crippen molar-refractivity contribution in [3.8, 4) is 0 Å². The van der Waals surface area contributed by atoms with Crippen LogP contribution in [-0.4, -0.2) is 17.4 Å². The molecule has 3 heteroatoms. The maximum absolute atomic E-state index is 10.5. The van der Waals surface area contributed by atoms with Crippen molar-refractivity contribution in [2.24, 2.45) is 0 Å². The van der Waals surface area contributed by atoms with Gasteiger partial charge in [0.15, 0.2) is 0 Å². The number of carbonyl (C=O) groups excluding carboxylic acids is 1. The van der Waals surface area contributed by atoms with Crippen molar-refractivity contribution in [3.05, 3.63) is 6.54 Å². The third-order valence-electron chi connectivity index (χ3n) is 0.938. The molecule has 0 unspecified atom stereocenters. The van der Waals surface area contributed by atoms with Crippen LogP contribution in [0.25, 0.3) is 0 Å². The molecule has 0 aromatic carbocycles. The molecule has 8 heavy (non-hydrogen) atoms. The highest BCUT2D eigenvalue weighted by Crippen LogP contribution is 2.05. The van der Waals surface area contributed by atoms with E-state index in [2.05, 4.69) is 5.32 Å². The molecule has 0 aromatic rings. The van der Waals surface area contributed by atoms with Crippen LogP contribution in [0.4, 0.5) is 0 Å². The molecule has 1 aliphatic rings. The van der Waals surface area contributed by atoms with Crippen LogP contribution in [0.15, 0.2) is 0 Å². The Bertz CT molecular complexity index is 84.4. The number of hydrogen-bond donors (Lipinski definition) is 1. The molecule has 1 heterocycles. The van der Waals surface area contributed by atoms with E-state index in [1.807, 2.05) is 0 Å². The average molecular weight is 130 g/mol. The van der Waals surface area contributed by atoms with Crippen LogP contribution in [-0.2, 0) is 4.79 Å². The number of amides is 1. The van der Waals surface area contributed by atoms with Gasteiger partial charge in [-0.3, -0.25) is 4.79 Å². The van der Waals surface area contributed by atoms with Gasteiger partial charge in [0, 0.05) is 17.9 Å². The first kappa shape index (κ1) is 5.95. The molecule has 1 saturated heterocycles. The number of rotatable bonds is 0. The van der Waals surface area contributed by atoms with E-state index in [0.717, 1.165) is 11.5 Å². The van der Waals surface area contributed by atoms with Gasteiger partial charge in [-0.25, -0.2) is 0 Å². The Hall–Kier alpha value is -0.180. The lowest BCUT2D eigenvalue weighted by atomic mass is 10.4. The van der Waals surface area contributed by atoms with Gasteiger partial charge in [-0.1, -0.05) is 0 Å². The maximum Gasteiger partial charge on any atom is 0.221 e. The van der Waals surface area contributed by atoms with Crippen molar-refractivity contribution >= 4 is 17.7 Å². The summed E-state index contributed by atoms with van der Waals surface area (Å²) in [4.78, 5) is 10.5. The van der Waals surface area contributed by atoms with Crippen LogP contribution in [0, 0.1) is 6.54 Å². The molecule has 1 fully saturated rings. The Morgan fingerprint density at radius 1 is 1.75 bits per heavy atom. The molecule has 0 aromatic heterocycles. The lowest BCUT2D eigenvalue weighted by Crippen LogP contribution is -2.18.